The van der Waals surface area contributed by atoms with Crippen LogP contribution in [0.5, 0.6) is 0 Å². The zero-order valence-corrected chi connectivity index (χ0v) is 5.89. The molecule has 1 rings (SSSR count). The van der Waals surface area contributed by atoms with Gasteiger partial charge in [0.25, 0.3) is 0 Å². The Hall–Kier alpha value is -1.30. The number of rotatable bonds is 2. The van der Waals surface area contributed by atoms with Gasteiger partial charge in [-0.1, -0.05) is 6.92 Å². The first-order valence-corrected chi connectivity index (χ1v) is 3.30. The van der Waals surface area contributed by atoms with Gasteiger partial charge in [0.1, 0.15) is 17.6 Å². The number of aromatic nitrogens is 2. The molecule has 0 aromatic carbocycles. The molecule has 3 nitrogen and oxygen atoms in total. The zero-order valence-electron chi connectivity index (χ0n) is 5.89. The second-order valence-electron chi connectivity index (χ2n) is 2.11. The van der Waals surface area contributed by atoms with Crippen molar-refractivity contribution in [3.63, 3.8) is 0 Å². The molecule has 0 radical (unpaired) electrons. The van der Waals surface area contributed by atoms with E-state index in [1.807, 2.05) is 6.07 Å². The minimum absolute atomic E-state index is 0.545. The lowest BCUT2D eigenvalue weighted by Gasteiger charge is -1.86. The molecule has 0 saturated carbocycles. The largest absolute Gasteiger partial charge is 0.334 e. The normalized spacial score (nSPS) is 9.20. The smallest absolute Gasteiger partial charge is 0.137 e. The summed E-state index contributed by atoms with van der Waals surface area (Å²) in [6.45, 7) is 2.08. The summed E-state index contributed by atoms with van der Waals surface area (Å²) in [6.07, 6.45) is 3.53. The molecule has 10 heavy (non-hydrogen) atoms. The Morgan fingerprint density at radius 1 is 1.80 bits per heavy atom. The van der Waals surface area contributed by atoms with Crippen LogP contribution in [0.1, 0.15) is 24.9 Å². The van der Waals surface area contributed by atoms with Crippen molar-refractivity contribution in [3.05, 3.63) is 17.7 Å². The van der Waals surface area contributed by atoms with E-state index in [0.29, 0.717) is 5.69 Å². The lowest BCUT2D eigenvalue weighted by atomic mass is 10.3. The number of aryl methyl sites for hydroxylation is 1. The Bertz CT molecular complexity index is 244. The van der Waals surface area contributed by atoms with Crippen molar-refractivity contribution >= 4 is 0 Å². The number of nitrogens with zero attached hydrogens (tertiary/aromatic N) is 2. The fourth-order valence-electron chi connectivity index (χ4n) is 0.783. The molecular weight excluding hydrogens is 126 g/mol. The highest BCUT2D eigenvalue weighted by Crippen LogP contribution is 1.97. The van der Waals surface area contributed by atoms with E-state index in [1.165, 1.54) is 0 Å². The molecule has 0 aliphatic rings. The zero-order chi connectivity index (χ0) is 7.40. The standard InChI is InChI=1S/C7H9N3/c1-2-3-7-9-5-6(4-8)10-7/h5H,2-3H2,1H3,(H,9,10). The predicted molar refractivity (Wildman–Crippen MR) is 37.3 cm³/mol. The van der Waals surface area contributed by atoms with Crippen LogP contribution in [0.15, 0.2) is 6.20 Å². The van der Waals surface area contributed by atoms with Gasteiger partial charge in [0.05, 0.1) is 6.20 Å². The Balaban J connectivity index is 2.71. The number of H-pyrrole nitrogens is 1. The molecule has 1 aromatic rings. The minimum Gasteiger partial charge on any atom is -0.334 e. The second kappa shape index (κ2) is 3.02. The molecule has 52 valence electrons. The summed E-state index contributed by atoms with van der Waals surface area (Å²) < 4.78 is 0. The van der Waals surface area contributed by atoms with Gasteiger partial charge in [0.2, 0.25) is 0 Å². The molecule has 0 atom stereocenters. The molecule has 1 aromatic heterocycles. The number of hydrogen-bond donors (Lipinski definition) is 1. The molecule has 3 heteroatoms. The van der Waals surface area contributed by atoms with Gasteiger partial charge in [-0.2, -0.15) is 5.26 Å². The van der Waals surface area contributed by atoms with Gasteiger partial charge in [0.15, 0.2) is 0 Å². The molecule has 0 bridgehead atoms. The van der Waals surface area contributed by atoms with E-state index >= 15 is 0 Å². The third-order valence-electron chi connectivity index (χ3n) is 1.24. The van der Waals surface area contributed by atoms with Crippen LogP contribution in [0.3, 0.4) is 0 Å². The summed E-state index contributed by atoms with van der Waals surface area (Å²) in [5.74, 6) is 0.902. The molecule has 1 heterocycles. The number of nitriles is 1. The molecule has 0 saturated heterocycles. The van der Waals surface area contributed by atoms with Crippen LogP contribution in [0.4, 0.5) is 0 Å². The van der Waals surface area contributed by atoms with Crippen molar-refractivity contribution < 1.29 is 0 Å². The molecule has 0 amide bonds. The maximum Gasteiger partial charge on any atom is 0.137 e. The van der Waals surface area contributed by atoms with Crippen LogP contribution in [0.2, 0.25) is 0 Å². The first kappa shape index (κ1) is 6.81. The Kier molecular flexibility index (Phi) is 2.06. The summed E-state index contributed by atoms with van der Waals surface area (Å²) in [7, 11) is 0. The van der Waals surface area contributed by atoms with E-state index in [2.05, 4.69) is 16.9 Å². The summed E-state index contributed by atoms with van der Waals surface area (Å²) in [5, 5.41) is 8.40. The molecule has 0 aliphatic carbocycles. The third-order valence-corrected chi connectivity index (χ3v) is 1.24. The van der Waals surface area contributed by atoms with Crippen molar-refractivity contribution in [1.29, 1.82) is 5.26 Å². The Labute approximate surface area is 59.7 Å². The van der Waals surface area contributed by atoms with Crippen LogP contribution < -0.4 is 0 Å². The van der Waals surface area contributed by atoms with Crippen LogP contribution in [-0.4, -0.2) is 9.97 Å². The first-order valence-electron chi connectivity index (χ1n) is 3.30. The number of aromatic amines is 1. The topological polar surface area (TPSA) is 52.5 Å². The molecule has 0 fully saturated rings. The van der Waals surface area contributed by atoms with Gasteiger partial charge in [-0.15, -0.1) is 0 Å². The fraction of sp³-hybridized carbons (Fsp3) is 0.429. The average Bonchev–Trinajstić information content (AvgIpc) is 2.37. The highest BCUT2D eigenvalue weighted by molar-refractivity contribution is 5.17. The van der Waals surface area contributed by atoms with Crippen molar-refractivity contribution in [3.8, 4) is 6.07 Å². The molecule has 1 N–H and O–H groups in total. The van der Waals surface area contributed by atoms with Gasteiger partial charge in [-0.3, -0.25) is 0 Å². The number of nitrogens with one attached hydrogen (secondary N) is 1. The van der Waals surface area contributed by atoms with Gasteiger partial charge >= 0.3 is 0 Å². The van der Waals surface area contributed by atoms with Crippen LogP contribution in [0, 0.1) is 11.3 Å². The van der Waals surface area contributed by atoms with Crippen LogP contribution in [0.25, 0.3) is 0 Å². The van der Waals surface area contributed by atoms with Gasteiger partial charge in [0, 0.05) is 6.42 Å². The minimum atomic E-state index is 0.545. The molecule has 0 spiro atoms. The highest BCUT2D eigenvalue weighted by Gasteiger charge is 1.95. The average molecular weight is 135 g/mol. The lowest BCUT2D eigenvalue weighted by Crippen LogP contribution is -1.84. The summed E-state index contributed by atoms with van der Waals surface area (Å²) in [5.41, 5.74) is 0.545. The Morgan fingerprint density at radius 2 is 2.60 bits per heavy atom. The van der Waals surface area contributed by atoms with Crippen molar-refractivity contribution in [2.24, 2.45) is 0 Å². The van der Waals surface area contributed by atoms with E-state index in [1.54, 1.807) is 6.20 Å². The van der Waals surface area contributed by atoms with E-state index in [9.17, 15) is 0 Å². The van der Waals surface area contributed by atoms with E-state index in [0.717, 1.165) is 18.7 Å². The van der Waals surface area contributed by atoms with Crippen molar-refractivity contribution in [2.75, 3.05) is 0 Å². The summed E-state index contributed by atoms with van der Waals surface area (Å²) in [4.78, 5) is 6.89. The first-order chi connectivity index (χ1) is 4.86. The molecule has 0 aliphatic heterocycles. The number of hydrogen-bond acceptors (Lipinski definition) is 2. The summed E-state index contributed by atoms with van der Waals surface area (Å²) in [6, 6.07) is 1.99. The van der Waals surface area contributed by atoms with Gasteiger partial charge in [-0.05, 0) is 6.42 Å². The highest BCUT2D eigenvalue weighted by atomic mass is 14.9. The van der Waals surface area contributed by atoms with Crippen molar-refractivity contribution in [1.82, 2.24) is 9.97 Å². The van der Waals surface area contributed by atoms with Crippen LogP contribution >= 0.6 is 0 Å². The predicted octanol–water partition coefficient (Wildman–Crippen LogP) is 1.23. The third kappa shape index (κ3) is 1.35. The fourth-order valence-corrected chi connectivity index (χ4v) is 0.783. The van der Waals surface area contributed by atoms with Gasteiger partial charge in [-0.25, -0.2) is 4.98 Å². The van der Waals surface area contributed by atoms with Crippen LogP contribution in [-0.2, 0) is 6.42 Å². The monoisotopic (exact) mass is 135 g/mol. The Morgan fingerprint density at radius 3 is 3.10 bits per heavy atom. The second-order valence-corrected chi connectivity index (χ2v) is 2.11. The van der Waals surface area contributed by atoms with Crippen molar-refractivity contribution in [2.45, 2.75) is 19.8 Å². The molecule has 0 unspecified atom stereocenters. The SMILES string of the molecule is CCCc1ncc(C#N)[nH]1. The van der Waals surface area contributed by atoms with E-state index < -0.39 is 0 Å². The number of imidazole rings is 1. The van der Waals surface area contributed by atoms with E-state index in [-0.39, 0.29) is 0 Å². The molecular formula is C7H9N3. The lowest BCUT2D eigenvalue weighted by molar-refractivity contribution is 0.855. The maximum atomic E-state index is 8.40. The summed E-state index contributed by atoms with van der Waals surface area (Å²) >= 11 is 0. The van der Waals surface area contributed by atoms with Gasteiger partial charge < -0.3 is 4.98 Å². The maximum absolute atomic E-state index is 8.40. The quantitative estimate of drug-likeness (QED) is 0.663. The van der Waals surface area contributed by atoms with E-state index in [4.69, 9.17) is 5.26 Å².